The van der Waals surface area contributed by atoms with E-state index in [1.807, 2.05) is 6.92 Å². The number of hydrogen-bond donors (Lipinski definition) is 2. The summed E-state index contributed by atoms with van der Waals surface area (Å²) in [5, 5.41) is 19.4. The van der Waals surface area contributed by atoms with Gasteiger partial charge in [0.05, 0.1) is 6.10 Å². The second kappa shape index (κ2) is 4.90. The molecule has 92 valence electrons. The Bertz CT molecular complexity index is 429. The predicted molar refractivity (Wildman–Crippen MR) is 67.9 cm³/mol. The van der Waals surface area contributed by atoms with Gasteiger partial charge in [0, 0.05) is 13.1 Å². The van der Waals surface area contributed by atoms with Crippen molar-refractivity contribution in [2.45, 2.75) is 25.9 Å². The minimum Gasteiger partial charge on any atom is -0.393 e. The highest BCUT2D eigenvalue weighted by Gasteiger charge is 2.25. The molecule has 1 unspecified atom stereocenters. The van der Waals surface area contributed by atoms with Gasteiger partial charge in [-0.15, -0.1) is 0 Å². The molecule has 0 aliphatic carbocycles. The Labute approximate surface area is 105 Å². The van der Waals surface area contributed by atoms with Crippen LogP contribution in [0.15, 0.2) is 0 Å². The lowest BCUT2D eigenvalue weighted by Gasteiger charge is -2.33. The standard InChI is InChI=1S/C11H16N4OS/c1-7(16)8-2-4-15(5-3-8)11-9(6-12)10(13)14-17-11/h7-8,16H,2-5H2,1H3,(H2,13,14). The van der Waals surface area contributed by atoms with Crippen molar-refractivity contribution < 1.29 is 5.11 Å². The highest BCUT2D eigenvalue weighted by atomic mass is 32.1. The molecule has 0 radical (unpaired) electrons. The zero-order chi connectivity index (χ0) is 12.4. The van der Waals surface area contributed by atoms with E-state index in [1.165, 1.54) is 11.5 Å². The summed E-state index contributed by atoms with van der Waals surface area (Å²) in [4.78, 5) is 2.14. The van der Waals surface area contributed by atoms with E-state index in [1.54, 1.807) is 0 Å². The van der Waals surface area contributed by atoms with Gasteiger partial charge in [0.2, 0.25) is 0 Å². The van der Waals surface area contributed by atoms with E-state index in [-0.39, 0.29) is 6.10 Å². The molecule has 3 N–H and O–H groups in total. The molecule has 2 rings (SSSR count). The topological polar surface area (TPSA) is 86.2 Å². The predicted octanol–water partition coefficient (Wildman–Crippen LogP) is 1.19. The van der Waals surface area contributed by atoms with Crippen molar-refractivity contribution in [2.24, 2.45) is 5.92 Å². The van der Waals surface area contributed by atoms with Crippen LogP contribution in [0.2, 0.25) is 0 Å². The third kappa shape index (κ3) is 2.35. The van der Waals surface area contributed by atoms with Crippen LogP contribution < -0.4 is 10.6 Å². The molecule has 1 aromatic heterocycles. The number of nitrogen functional groups attached to an aromatic ring is 1. The summed E-state index contributed by atoms with van der Waals surface area (Å²) >= 11 is 1.28. The number of nitriles is 1. The van der Waals surface area contributed by atoms with Crippen LogP contribution in [-0.4, -0.2) is 28.7 Å². The lowest BCUT2D eigenvalue weighted by atomic mass is 9.92. The van der Waals surface area contributed by atoms with Crippen molar-refractivity contribution in [3.63, 3.8) is 0 Å². The summed E-state index contributed by atoms with van der Waals surface area (Å²) in [7, 11) is 0. The zero-order valence-electron chi connectivity index (χ0n) is 9.76. The molecule has 1 aromatic rings. The SMILES string of the molecule is CC(O)C1CCN(c2snc(N)c2C#N)CC1. The van der Waals surface area contributed by atoms with Gasteiger partial charge in [-0.3, -0.25) is 0 Å². The smallest absolute Gasteiger partial charge is 0.157 e. The monoisotopic (exact) mass is 252 g/mol. The summed E-state index contributed by atoms with van der Waals surface area (Å²) in [5.74, 6) is 0.687. The Morgan fingerprint density at radius 3 is 2.76 bits per heavy atom. The largest absolute Gasteiger partial charge is 0.393 e. The van der Waals surface area contributed by atoms with Gasteiger partial charge < -0.3 is 15.7 Å². The van der Waals surface area contributed by atoms with Gasteiger partial charge in [-0.2, -0.15) is 9.64 Å². The highest BCUT2D eigenvalue weighted by molar-refractivity contribution is 7.10. The third-order valence-corrected chi connectivity index (χ3v) is 4.24. The average Bonchev–Trinajstić information content (AvgIpc) is 2.70. The Hall–Kier alpha value is -1.32. The van der Waals surface area contributed by atoms with Crippen LogP contribution in [0.1, 0.15) is 25.3 Å². The second-order valence-corrected chi connectivity index (χ2v) is 5.18. The second-order valence-electron chi connectivity index (χ2n) is 4.42. The first-order valence-corrected chi connectivity index (χ1v) is 6.49. The average molecular weight is 252 g/mol. The van der Waals surface area contributed by atoms with Crippen molar-refractivity contribution in [3.05, 3.63) is 5.56 Å². The molecule has 1 aliphatic heterocycles. The van der Waals surface area contributed by atoms with Crippen molar-refractivity contribution in [1.82, 2.24) is 4.37 Å². The van der Waals surface area contributed by atoms with E-state index in [0.29, 0.717) is 17.3 Å². The van der Waals surface area contributed by atoms with Crippen LogP contribution in [0.5, 0.6) is 0 Å². The molecule has 0 aromatic carbocycles. The molecule has 1 atom stereocenters. The van der Waals surface area contributed by atoms with Crippen molar-refractivity contribution >= 4 is 22.4 Å². The number of hydrogen-bond acceptors (Lipinski definition) is 6. The molecule has 1 aliphatic rings. The summed E-state index contributed by atoms with van der Waals surface area (Å²) < 4.78 is 4.02. The molecule has 0 saturated carbocycles. The molecule has 1 fully saturated rings. The molecule has 17 heavy (non-hydrogen) atoms. The number of aliphatic hydroxyl groups is 1. The minimum absolute atomic E-state index is 0.251. The number of aromatic nitrogens is 1. The third-order valence-electron chi connectivity index (χ3n) is 3.32. The highest BCUT2D eigenvalue weighted by Crippen LogP contribution is 2.33. The lowest BCUT2D eigenvalue weighted by molar-refractivity contribution is 0.110. The summed E-state index contributed by atoms with van der Waals surface area (Å²) in [5.41, 5.74) is 6.14. The first kappa shape index (κ1) is 12.1. The van der Waals surface area contributed by atoms with Gasteiger partial charge in [-0.25, -0.2) is 0 Å². The van der Waals surface area contributed by atoms with Crippen LogP contribution in [-0.2, 0) is 0 Å². The van der Waals surface area contributed by atoms with Gasteiger partial charge in [0.1, 0.15) is 16.6 Å². The zero-order valence-corrected chi connectivity index (χ0v) is 10.6. The van der Waals surface area contributed by atoms with Crippen LogP contribution in [0.25, 0.3) is 0 Å². The van der Waals surface area contributed by atoms with Crippen molar-refractivity contribution in [1.29, 1.82) is 5.26 Å². The number of rotatable bonds is 2. The van der Waals surface area contributed by atoms with Crippen molar-refractivity contribution in [2.75, 3.05) is 23.7 Å². The maximum Gasteiger partial charge on any atom is 0.157 e. The van der Waals surface area contributed by atoms with E-state index >= 15 is 0 Å². The van der Waals surface area contributed by atoms with Crippen LogP contribution >= 0.6 is 11.5 Å². The molecular weight excluding hydrogens is 236 g/mol. The van der Waals surface area contributed by atoms with Gasteiger partial charge in [-0.05, 0) is 37.2 Å². The van der Waals surface area contributed by atoms with Gasteiger partial charge >= 0.3 is 0 Å². The molecule has 0 bridgehead atoms. The fraction of sp³-hybridized carbons (Fsp3) is 0.636. The first-order valence-electron chi connectivity index (χ1n) is 5.71. The van der Waals surface area contributed by atoms with Crippen LogP contribution in [0, 0.1) is 17.2 Å². The summed E-state index contributed by atoms with van der Waals surface area (Å²) in [6.07, 6.45) is 1.64. The van der Waals surface area contributed by atoms with E-state index < -0.39 is 0 Å². The molecular formula is C11H16N4OS. The number of piperidine rings is 1. The maximum atomic E-state index is 9.54. The fourth-order valence-corrected chi connectivity index (χ4v) is 3.01. The van der Waals surface area contributed by atoms with Crippen molar-refractivity contribution in [3.8, 4) is 6.07 Å². The number of anilines is 2. The number of nitrogens with zero attached hydrogens (tertiary/aromatic N) is 3. The molecule has 6 heteroatoms. The van der Waals surface area contributed by atoms with E-state index in [9.17, 15) is 5.11 Å². The van der Waals surface area contributed by atoms with Gasteiger partial charge in [-0.1, -0.05) is 0 Å². The Balaban J connectivity index is 2.08. The minimum atomic E-state index is -0.251. The maximum absolute atomic E-state index is 9.54. The summed E-state index contributed by atoms with van der Waals surface area (Å²) in [6, 6.07) is 2.11. The van der Waals surface area contributed by atoms with Gasteiger partial charge in [0.25, 0.3) is 0 Å². The Kier molecular flexibility index (Phi) is 3.50. The van der Waals surface area contributed by atoms with Crippen LogP contribution in [0.4, 0.5) is 10.8 Å². The van der Waals surface area contributed by atoms with Gasteiger partial charge in [0.15, 0.2) is 5.82 Å². The van der Waals surface area contributed by atoms with E-state index in [0.717, 1.165) is 30.9 Å². The molecule has 0 spiro atoms. The Morgan fingerprint density at radius 1 is 1.59 bits per heavy atom. The number of aliphatic hydroxyl groups excluding tert-OH is 1. The molecule has 2 heterocycles. The van der Waals surface area contributed by atoms with E-state index in [2.05, 4.69) is 15.3 Å². The Morgan fingerprint density at radius 2 is 2.24 bits per heavy atom. The lowest BCUT2D eigenvalue weighted by Crippen LogP contribution is -2.36. The fourth-order valence-electron chi connectivity index (χ4n) is 2.20. The van der Waals surface area contributed by atoms with Crippen LogP contribution in [0.3, 0.4) is 0 Å². The normalized spacial score (nSPS) is 19.0. The van der Waals surface area contributed by atoms with E-state index in [4.69, 9.17) is 11.0 Å². The quantitative estimate of drug-likeness (QED) is 0.825. The molecule has 0 amide bonds. The number of nitrogens with two attached hydrogens (primary N) is 1. The molecule has 5 nitrogen and oxygen atoms in total. The molecule has 1 saturated heterocycles. The summed E-state index contributed by atoms with van der Waals surface area (Å²) in [6.45, 7) is 3.55. The first-order chi connectivity index (χ1) is 8.13.